The van der Waals surface area contributed by atoms with Gasteiger partial charge in [-0.1, -0.05) is 13.0 Å². The van der Waals surface area contributed by atoms with E-state index in [1.165, 1.54) is 12.1 Å². The molecule has 0 saturated carbocycles. The molecule has 0 heterocycles. The van der Waals surface area contributed by atoms with Gasteiger partial charge in [0.05, 0.1) is 5.69 Å². The van der Waals surface area contributed by atoms with E-state index >= 15 is 0 Å². The van der Waals surface area contributed by atoms with Crippen molar-refractivity contribution in [2.24, 2.45) is 0 Å². The molecule has 1 atom stereocenters. The lowest BCUT2D eigenvalue weighted by Crippen LogP contribution is -2.42. The molecule has 1 aromatic carbocycles. The summed E-state index contributed by atoms with van der Waals surface area (Å²) in [7, 11) is 0. The fourth-order valence-corrected chi connectivity index (χ4v) is 1.38. The molecule has 1 rings (SSSR count). The van der Waals surface area contributed by atoms with E-state index in [9.17, 15) is 14.0 Å². The topological polar surface area (TPSA) is 78.4 Å². The zero-order valence-corrected chi connectivity index (χ0v) is 10.2. The van der Waals surface area contributed by atoms with Crippen LogP contribution in [0.1, 0.15) is 18.9 Å². The van der Waals surface area contributed by atoms with E-state index in [0.717, 1.165) is 5.56 Å². The average molecular weight is 254 g/mol. The minimum Gasteiger partial charge on any atom is -0.480 e. The van der Waals surface area contributed by atoms with Crippen molar-refractivity contribution < 1.29 is 19.1 Å². The molecule has 0 fully saturated rings. The van der Waals surface area contributed by atoms with Crippen LogP contribution in [0.5, 0.6) is 0 Å². The summed E-state index contributed by atoms with van der Waals surface area (Å²) in [4.78, 5) is 22.2. The van der Waals surface area contributed by atoms with Crippen molar-refractivity contribution in [3.05, 3.63) is 29.6 Å². The fourth-order valence-electron chi connectivity index (χ4n) is 1.38. The maximum atomic E-state index is 13.4. The summed E-state index contributed by atoms with van der Waals surface area (Å²) in [5, 5.41) is 13.3. The quantitative estimate of drug-likeness (QED) is 0.770. The van der Waals surface area contributed by atoms with Gasteiger partial charge in [0, 0.05) is 0 Å². The number of urea groups is 1. The SMILES string of the molecule is CCC(NC(=O)Nc1ccc(C)cc1F)C(=O)O. The van der Waals surface area contributed by atoms with E-state index in [1.807, 2.05) is 0 Å². The molecule has 6 heteroatoms. The second-order valence-electron chi connectivity index (χ2n) is 3.88. The number of aryl methyl sites for hydroxylation is 1. The van der Waals surface area contributed by atoms with Crippen LogP contribution in [-0.2, 0) is 4.79 Å². The Hall–Kier alpha value is -2.11. The zero-order valence-electron chi connectivity index (χ0n) is 10.2. The maximum Gasteiger partial charge on any atom is 0.326 e. The van der Waals surface area contributed by atoms with Crippen molar-refractivity contribution in [3.63, 3.8) is 0 Å². The number of rotatable bonds is 4. The van der Waals surface area contributed by atoms with E-state index in [-0.39, 0.29) is 12.1 Å². The maximum absolute atomic E-state index is 13.4. The number of hydrogen-bond acceptors (Lipinski definition) is 2. The smallest absolute Gasteiger partial charge is 0.326 e. The van der Waals surface area contributed by atoms with Crippen molar-refractivity contribution >= 4 is 17.7 Å². The van der Waals surface area contributed by atoms with Crippen molar-refractivity contribution in [1.29, 1.82) is 0 Å². The van der Waals surface area contributed by atoms with E-state index in [1.54, 1.807) is 19.9 Å². The lowest BCUT2D eigenvalue weighted by atomic mass is 10.2. The van der Waals surface area contributed by atoms with Crippen LogP contribution in [0.25, 0.3) is 0 Å². The van der Waals surface area contributed by atoms with Gasteiger partial charge in [-0.25, -0.2) is 14.0 Å². The van der Waals surface area contributed by atoms with Gasteiger partial charge in [-0.05, 0) is 31.0 Å². The normalized spacial score (nSPS) is 11.7. The summed E-state index contributed by atoms with van der Waals surface area (Å²) in [5.41, 5.74) is 0.744. The molecule has 0 saturated heterocycles. The third-order valence-corrected chi connectivity index (χ3v) is 2.38. The summed E-state index contributed by atoms with van der Waals surface area (Å²) >= 11 is 0. The Morgan fingerprint density at radius 1 is 1.44 bits per heavy atom. The molecule has 0 aromatic heterocycles. The zero-order chi connectivity index (χ0) is 13.7. The first kappa shape index (κ1) is 14.0. The van der Waals surface area contributed by atoms with E-state index in [4.69, 9.17) is 5.11 Å². The first-order valence-electron chi connectivity index (χ1n) is 5.50. The summed E-state index contributed by atoms with van der Waals surface area (Å²) in [6, 6.07) is 2.62. The Morgan fingerprint density at radius 2 is 2.11 bits per heavy atom. The first-order valence-corrected chi connectivity index (χ1v) is 5.50. The molecule has 0 aliphatic rings. The second kappa shape index (κ2) is 6.00. The van der Waals surface area contributed by atoms with E-state index < -0.39 is 23.9 Å². The van der Waals surface area contributed by atoms with Crippen LogP contribution in [0.2, 0.25) is 0 Å². The van der Waals surface area contributed by atoms with Crippen molar-refractivity contribution in [2.45, 2.75) is 26.3 Å². The highest BCUT2D eigenvalue weighted by atomic mass is 19.1. The number of carboxylic acid groups (broad SMARTS) is 1. The predicted molar refractivity (Wildman–Crippen MR) is 65.0 cm³/mol. The third kappa shape index (κ3) is 3.73. The number of carbonyl (C=O) groups excluding carboxylic acids is 1. The highest BCUT2D eigenvalue weighted by molar-refractivity contribution is 5.92. The standard InChI is InChI=1S/C12H15FN2O3/c1-3-9(11(16)17)14-12(18)15-10-5-4-7(2)6-8(10)13/h4-6,9H,3H2,1-2H3,(H,16,17)(H2,14,15,18). The number of benzene rings is 1. The number of amides is 2. The van der Waals surface area contributed by atoms with Crippen LogP contribution in [0, 0.1) is 12.7 Å². The number of carbonyl (C=O) groups is 2. The van der Waals surface area contributed by atoms with Crippen LogP contribution < -0.4 is 10.6 Å². The number of anilines is 1. The summed E-state index contributed by atoms with van der Waals surface area (Å²) in [6.45, 7) is 3.36. The van der Waals surface area contributed by atoms with Gasteiger partial charge in [0.25, 0.3) is 0 Å². The van der Waals surface area contributed by atoms with Gasteiger partial charge in [0.1, 0.15) is 11.9 Å². The highest BCUT2D eigenvalue weighted by Gasteiger charge is 2.17. The summed E-state index contributed by atoms with van der Waals surface area (Å²) < 4.78 is 13.4. The molecular weight excluding hydrogens is 239 g/mol. The molecule has 0 bridgehead atoms. The Bertz CT molecular complexity index is 463. The minimum absolute atomic E-state index is 0.0124. The number of halogens is 1. The summed E-state index contributed by atoms with van der Waals surface area (Å²) in [5.74, 6) is -1.69. The summed E-state index contributed by atoms with van der Waals surface area (Å²) in [6.07, 6.45) is 0.249. The monoisotopic (exact) mass is 254 g/mol. The Kier molecular flexibility index (Phi) is 4.65. The molecule has 0 spiro atoms. The van der Waals surface area contributed by atoms with Crippen molar-refractivity contribution in [1.82, 2.24) is 5.32 Å². The number of nitrogens with one attached hydrogen (secondary N) is 2. The lowest BCUT2D eigenvalue weighted by Gasteiger charge is -2.13. The van der Waals surface area contributed by atoms with Gasteiger partial charge in [-0.3, -0.25) is 0 Å². The first-order chi connectivity index (χ1) is 8.43. The minimum atomic E-state index is -1.13. The molecule has 1 unspecified atom stereocenters. The molecule has 2 amide bonds. The number of carboxylic acids is 1. The second-order valence-corrected chi connectivity index (χ2v) is 3.88. The number of aliphatic carboxylic acids is 1. The van der Waals surface area contributed by atoms with Crippen LogP contribution in [-0.4, -0.2) is 23.1 Å². The third-order valence-electron chi connectivity index (χ3n) is 2.38. The van der Waals surface area contributed by atoms with Crippen molar-refractivity contribution in [2.75, 3.05) is 5.32 Å². The molecular formula is C12H15FN2O3. The van der Waals surface area contributed by atoms with Crippen molar-refractivity contribution in [3.8, 4) is 0 Å². The van der Waals surface area contributed by atoms with E-state index in [2.05, 4.69) is 10.6 Å². The molecule has 5 nitrogen and oxygen atoms in total. The molecule has 0 aliphatic carbocycles. The van der Waals surface area contributed by atoms with Crippen LogP contribution in [0.15, 0.2) is 18.2 Å². The van der Waals surface area contributed by atoms with Crippen LogP contribution >= 0.6 is 0 Å². The molecule has 3 N–H and O–H groups in total. The largest absolute Gasteiger partial charge is 0.480 e. The Morgan fingerprint density at radius 3 is 2.61 bits per heavy atom. The molecule has 18 heavy (non-hydrogen) atoms. The Balaban J connectivity index is 2.67. The van der Waals surface area contributed by atoms with E-state index in [0.29, 0.717) is 0 Å². The van der Waals surface area contributed by atoms with Gasteiger partial charge < -0.3 is 15.7 Å². The average Bonchev–Trinajstić information content (AvgIpc) is 2.29. The Labute approximate surface area is 104 Å². The fraction of sp³-hybridized carbons (Fsp3) is 0.333. The molecule has 0 aliphatic heterocycles. The van der Waals surface area contributed by atoms with Gasteiger partial charge in [0.15, 0.2) is 0 Å². The van der Waals surface area contributed by atoms with Crippen LogP contribution in [0.3, 0.4) is 0 Å². The highest BCUT2D eigenvalue weighted by Crippen LogP contribution is 2.14. The van der Waals surface area contributed by atoms with Gasteiger partial charge >= 0.3 is 12.0 Å². The predicted octanol–water partition coefficient (Wildman–Crippen LogP) is 2.12. The molecule has 98 valence electrons. The van der Waals surface area contributed by atoms with Gasteiger partial charge in [-0.15, -0.1) is 0 Å². The molecule has 1 aromatic rings. The van der Waals surface area contributed by atoms with Gasteiger partial charge in [0.2, 0.25) is 0 Å². The van der Waals surface area contributed by atoms with Gasteiger partial charge in [-0.2, -0.15) is 0 Å². The molecule has 0 radical (unpaired) electrons. The lowest BCUT2D eigenvalue weighted by molar-refractivity contribution is -0.139. The van der Waals surface area contributed by atoms with Crippen LogP contribution in [0.4, 0.5) is 14.9 Å². The number of hydrogen-bond donors (Lipinski definition) is 3.